The Kier molecular flexibility index (Phi) is 4.36. The second-order valence-electron chi connectivity index (χ2n) is 4.25. The van der Waals surface area contributed by atoms with Gasteiger partial charge in [0.2, 0.25) is 5.95 Å². The first-order valence-corrected chi connectivity index (χ1v) is 6.40. The molecule has 2 rings (SSSR count). The maximum Gasteiger partial charge on any atom is 0.207 e. The molecule has 1 aromatic carbocycles. The second kappa shape index (κ2) is 6.21. The normalized spacial score (nSPS) is 10.6. The molecule has 0 aliphatic rings. The summed E-state index contributed by atoms with van der Waals surface area (Å²) in [5.41, 5.74) is 7.91. The van der Waals surface area contributed by atoms with E-state index in [0.29, 0.717) is 0 Å². The van der Waals surface area contributed by atoms with Crippen LogP contribution in [0.3, 0.4) is 0 Å². The van der Waals surface area contributed by atoms with E-state index in [1.54, 1.807) is 0 Å². The Morgan fingerprint density at radius 3 is 3.06 bits per heavy atom. The standard InChI is InChI=1S/C14H20N4/c1-2-18-10-9-16-14(18)17-13-7-3-5-12(11-13)6-4-8-15/h3,5,7,9-11H,2,4,6,8,15H2,1H3,(H,16,17). The largest absolute Gasteiger partial charge is 0.330 e. The van der Waals surface area contributed by atoms with Gasteiger partial charge in [-0.3, -0.25) is 0 Å². The minimum Gasteiger partial charge on any atom is -0.330 e. The molecule has 0 aliphatic heterocycles. The number of imidazole rings is 1. The van der Waals surface area contributed by atoms with Crippen molar-refractivity contribution in [3.05, 3.63) is 42.2 Å². The van der Waals surface area contributed by atoms with Crippen molar-refractivity contribution in [2.45, 2.75) is 26.3 Å². The average molecular weight is 244 g/mol. The van der Waals surface area contributed by atoms with Crippen LogP contribution in [0.4, 0.5) is 11.6 Å². The number of aromatic nitrogens is 2. The molecule has 0 bridgehead atoms. The third-order valence-electron chi connectivity index (χ3n) is 2.91. The van der Waals surface area contributed by atoms with Crippen molar-refractivity contribution in [2.75, 3.05) is 11.9 Å². The van der Waals surface area contributed by atoms with Crippen molar-refractivity contribution in [3.8, 4) is 0 Å². The number of anilines is 2. The van der Waals surface area contributed by atoms with Gasteiger partial charge in [0, 0.05) is 24.6 Å². The number of hydrogen-bond acceptors (Lipinski definition) is 3. The van der Waals surface area contributed by atoms with Crippen molar-refractivity contribution in [3.63, 3.8) is 0 Å². The number of benzene rings is 1. The summed E-state index contributed by atoms with van der Waals surface area (Å²) in [5, 5.41) is 3.34. The van der Waals surface area contributed by atoms with Gasteiger partial charge in [-0.1, -0.05) is 12.1 Å². The molecule has 0 saturated carbocycles. The number of hydrogen-bond donors (Lipinski definition) is 2. The highest BCUT2D eigenvalue weighted by Gasteiger charge is 2.02. The summed E-state index contributed by atoms with van der Waals surface area (Å²) < 4.78 is 2.08. The van der Waals surface area contributed by atoms with Crippen molar-refractivity contribution >= 4 is 11.6 Å². The highest BCUT2D eigenvalue weighted by atomic mass is 15.2. The molecule has 1 aromatic heterocycles. The van der Waals surface area contributed by atoms with Gasteiger partial charge in [0.05, 0.1) is 0 Å². The summed E-state index contributed by atoms with van der Waals surface area (Å²) in [6.07, 6.45) is 5.83. The lowest BCUT2D eigenvalue weighted by Gasteiger charge is -2.09. The van der Waals surface area contributed by atoms with Crippen LogP contribution in [-0.4, -0.2) is 16.1 Å². The monoisotopic (exact) mass is 244 g/mol. The maximum absolute atomic E-state index is 5.53. The third kappa shape index (κ3) is 3.11. The van der Waals surface area contributed by atoms with Crippen LogP contribution in [0.15, 0.2) is 36.7 Å². The molecule has 1 heterocycles. The van der Waals surface area contributed by atoms with E-state index in [9.17, 15) is 0 Å². The van der Waals surface area contributed by atoms with Gasteiger partial charge in [0.25, 0.3) is 0 Å². The van der Waals surface area contributed by atoms with E-state index in [4.69, 9.17) is 5.73 Å². The molecule has 4 heteroatoms. The topological polar surface area (TPSA) is 55.9 Å². The minimum absolute atomic E-state index is 0.734. The Bertz CT molecular complexity index is 490. The molecule has 0 spiro atoms. The average Bonchev–Trinajstić information content (AvgIpc) is 2.84. The van der Waals surface area contributed by atoms with E-state index < -0.39 is 0 Å². The fourth-order valence-corrected chi connectivity index (χ4v) is 1.93. The van der Waals surface area contributed by atoms with Crippen molar-refractivity contribution in [1.82, 2.24) is 9.55 Å². The highest BCUT2D eigenvalue weighted by Crippen LogP contribution is 2.17. The molecule has 0 saturated heterocycles. The predicted octanol–water partition coefficient (Wildman–Crippen LogP) is 2.54. The van der Waals surface area contributed by atoms with Gasteiger partial charge >= 0.3 is 0 Å². The van der Waals surface area contributed by atoms with Gasteiger partial charge in [0.1, 0.15) is 0 Å². The maximum atomic E-state index is 5.53. The molecular formula is C14H20N4. The van der Waals surface area contributed by atoms with Crippen molar-refractivity contribution in [2.24, 2.45) is 5.73 Å². The Morgan fingerprint density at radius 1 is 1.39 bits per heavy atom. The van der Waals surface area contributed by atoms with Gasteiger partial charge < -0.3 is 15.6 Å². The van der Waals surface area contributed by atoms with Crippen LogP contribution in [0.2, 0.25) is 0 Å². The fraction of sp³-hybridized carbons (Fsp3) is 0.357. The zero-order chi connectivity index (χ0) is 12.8. The summed E-state index contributed by atoms with van der Waals surface area (Å²) in [7, 11) is 0. The lowest BCUT2D eigenvalue weighted by atomic mass is 10.1. The first-order chi connectivity index (χ1) is 8.83. The summed E-state index contributed by atoms with van der Waals surface area (Å²) in [6.45, 7) is 3.75. The molecule has 18 heavy (non-hydrogen) atoms. The van der Waals surface area contributed by atoms with E-state index in [-0.39, 0.29) is 0 Å². The Hall–Kier alpha value is -1.81. The minimum atomic E-state index is 0.734. The van der Waals surface area contributed by atoms with Crippen LogP contribution in [0.5, 0.6) is 0 Å². The Labute approximate surface area is 108 Å². The van der Waals surface area contributed by atoms with Crippen LogP contribution in [0.25, 0.3) is 0 Å². The van der Waals surface area contributed by atoms with Crippen LogP contribution >= 0.6 is 0 Å². The molecule has 0 aliphatic carbocycles. The Balaban J connectivity index is 2.09. The summed E-state index contributed by atoms with van der Waals surface area (Å²) >= 11 is 0. The lowest BCUT2D eigenvalue weighted by molar-refractivity contribution is 0.771. The zero-order valence-electron chi connectivity index (χ0n) is 10.8. The van der Waals surface area contributed by atoms with Crippen molar-refractivity contribution < 1.29 is 0 Å². The number of nitrogens with two attached hydrogens (primary N) is 1. The van der Waals surface area contributed by atoms with E-state index in [0.717, 1.165) is 37.6 Å². The summed E-state index contributed by atoms with van der Waals surface area (Å²) in [5.74, 6) is 0.883. The molecule has 0 fully saturated rings. The van der Waals surface area contributed by atoms with Gasteiger partial charge in [0.15, 0.2) is 0 Å². The van der Waals surface area contributed by atoms with Crippen LogP contribution < -0.4 is 11.1 Å². The Morgan fingerprint density at radius 2 is 2.28 bits per heavy atom. The number of rotatable bonds is 6. The first-order valence-electron chi connectivity index (χ1n) is 6.40. The molecule has 3 N–H and O–H groups in total. The lowest BCUT2D eigenvalue weighted by Crippen LogP contribution is -2.02. The smallest absolute Gasteiger partial charge is 0.207 e. The molecule has 0 atom stereocenters. The zero-order valence-corrected chi connectivity index (χ0v) is 10.8. The van der Waals surface area contributed by atoms with Gasteiger partial charge in [-0.2, -0.15) is 0 Å². The van der Waals surface area contributed by atoms with Gasteiger partial charge in [-0.15, -0.1) is 0 Å². The van der Waals surface area contributed by atoms with Crippen LogP contribution in [0, 0.1) is 0 Å². The highest BCUT2D eigenvalue weighted by molar-refractivity contribution is 5.54. The molecule has 0 unspecified atom stereocenters. The summed E-state index contributed by atoms with van der Waals surface area (Å²) in [4.78, 5) is 4.31. The van der Waals surface area contributed by atoms with Crippen LogP contribution in [-0.2, 0) is 13.0 Å². The predicted molar refractivity (Wildman–Crippen MR) is 75.0 cm³/mol. The van der Waals surface area contributed by atoms with E-state index in [1.165, 1.54) is 5.56 Å². The number of nitrogens with one attached hydrogen (secondary N) is 1. The summed E-state index contributed by atoms with van der Waals surface area (Å²) in [6, 6.07) is 8.41. The fourth-order valence-electron chi connectivity index (χ4n) is 1.93. The SMILES string of the molecule is CCn1ccnc1Nc1cccc(CCCN)c1. The van der Waals surface area contributed by atoms with Crippen molar-refractivity contribution in [1.29, 1.82) is 0 Å². The van der Waals surface area contributed by atoms with E-state index >= 15 is 0 Å². The first kappa shape index (κ1) is 12.6. The third-order valence-corrected chi connectivity index (χ3v) is 2.91. The molecule has 2 aromatic rings. The molecular weight excluding hydrogens is 224 g/mol. The van der Waals surface area contributed by atoms with Crippen LogP contribution in [0.1, 0.15) is 18.9 Å². The number of aryl methyl sites for hydroxylation is 2. The van der Waals surface area contributed by atoms with E-state index in [1.807, 2.05) is 12.4 Å². The molecule has 0 amide bonds. The second-order valence-corrected chi connectivity index (χ2v) is 4.25. The van der Waals surface area contributed by atoms with E-state index in [2.05, 4.69) is 46.1 Å². The molecule has 96 valence electrons. The molecule has 0 radical (unpaired) electrons. The number of nitrogens with zero attached hydrogens (tertiary/aromatic N) is 2. The van der Waals surface area contributed by atoms with Gasteiger partial charge in [-0.25, -0.2) is 4.98 Å². The quantitative estimate of drug-likeness (QED) is 0.821. The molecule has 4 nitrogen and oxygen atoms in total. The van der Waals surface area contributed by atoms with Gasteiger partial charge in [-0.05, 0) is 44.0 Å².